The smallest absolute Gasteiger partial charge is 0.272 e. The predicted molar refractivity (Wildman–Crippen MR) is 100 cm³/mol. The summed E-state index contributed by atoms with van der Waals surface area (Å²) in [5, 5.41) is 3.01. The van der Waals surface area contributed by atoms with Crippen molar-refractivity contribution in [3.63, 3.8) is 0 Å². The van der Waals surface area contributed by atoms with Crippen LogP contribution in [-0.2, 0) is 0 Å². The Morgan fingerprint density at radius 3 is 2.80 bits per heavy atom. The summed E-state index contributed by atoms with van der Waals surface area (Å²) in [4.78, 5) is 25.3. The molecule has 25 heavy (non-hydrogen) atoms. The van der Waals surface area contributed by atoms with E-state index in [1.54, 1.807) is 18.3 Å². The summed E-state index contributed by atoms with van der Waals surface area (Å²) >= 11 is 0. The molecule has 1 saturated heterocycles. The molecule has 3 rings (SSSR count). The number of hydrogen-bond acceptors (Lipinski definition) is 5. The molecule has 1 fully saturated rings. The maximum absolute atomic E-state index is 12.7. The third-order valence-electron chi connectivity index (χ3n) is 4.21. The third kappa shape index (κ3) is 4.15. The van der Waals surface area contributed by atoms with Gasteiger partial charge < -0.3 is 15.1 Å². The lowest BCUT2D eigenvalue weighted by atomic mass is 10.2. The molecule has 2 aromatic rings. The molecule has 2 heterocycles. The molecule has 1 aromatic heterocycles. The highest BCUT2D eigenvalue weighted by Crippen LogP contribution is 2.18. The molecule has 1 amide bonds. The average Bonchev–Trinajstić information content (AvgIpc) is 2.66. The van der Waals surface area contributed by atoms with Crippen molar-refractivity contribution in [3.05, 3.63) is 60.4 Å². The van der Waals surface area contributed by atoms with Crippen molar-refractivity contribution in [3.8, 4) is 0 Å². The number of nitrogens with zero attached hydrogens (tertiary/aromatic N) is 4. The number of benzene rings is 1. The summed E-state index contributed by atoms with van der Waals surface area (Å²) in [6.07, 6.45) is 3.33. The quantitative estimate of drug-likeness (QED) is 0.849. The van der Waals surface area contributed by atoms with Crippen LogP contribution in [-0.4, -0.2) is 53.5 Å². The summed E-state index contributed by atoms with van der Waals surface area (Å²) in [6, 6.07) is 10.1. The average molecular weight is 337 g/mol. The topological polar surface area (TPSA) is 61.4 Å². The second-order valence-electron chi connectivity index (χ2n) is 6.05. The predicted octanol–water partition coefficient (Wildman–Crippen LogP) is 2.35. The maximum atomic E-state index is 12.7. The number of rotatable bonds is 5. The van der Waals surface area contributed by atoms with E-state index in [1.165, 1.54) is 11.3 Å². The van der Waals surface area contributed by atoms with Gasteiger partial charge in [-0.2, -0.15) is 0 Å². The van der Waals surface area contributed by atoms with Gasteiger partial charge in [0, 0.05) is 44.6 Å². The minimum atomic E-state index is -0.0482. The van der Waals surface area contributed by atoms with Crippen LogP contribution in [0.1, 0.15) is 16.1 Å². The highest BCUT2D eigenvalue weighted by molar-refractivity contribution is 5.92. The van der Waals surface area contributed by atoms with Crippen molar-refractivity contribution in [2.75, 3.05) is 42.9 Å². The number of aromatic nitrogens is 2. The zero-order valence-electron chi connectivity index (χ0n) is 14.5. The lowest BCUT2D eigenvalue weighted by molar-refractivity contribution is 0.0741. The molecule has 6 heteroatoms. The van der Waals surface area contributed by atoms with Gasteiger partial charge in [-0.15, -0.1) is 6.58 Å². The van der Waals surface area contributed by atoms with Crippen LogP contribution in [0.4, 0.5) is 11.6 Å². The van der Waals surface area contributed by atoms with E-state index in [1.807, 2.05) is 4.90 Å². The van der Waals surface area contributed by atoms with E-state index in [9.17, 15) is 4.79 Å². The minimum absolute atomic E-state index is 0.0482. The van der Waals surface area contributed by atoms with Gasteiger partial charge in [0.1, 0.15) is 5.69 Å². The fourth-order valence-electron chi connectivity index (χ4n) is 2.88. The Kier molecular flexibility index (Phi) is 5.28. The molecule has 1 N–H and O–H groups in total. The Hall–Kier alpha value is -2.89. The molecule has 1 aliphatic heterocycles. The van der Waals surface area contributed by atoms with Gasteiger partial charge in [-0.1, -0.05) is 18.2 Å². The largest absolute Gasteiger partial charge is 0.368 e. The first-order valence-electron chi connectivity index (χ1n) is 8.46. The first-order valence-corrected chi connectivity index (χ1v) is 8.46. The summed E-state index contributed by atoms with van der Waals surface area (Å²) in [7, 11) is 0. The summed E-state index contributed by atoms with van der Waals surface area (Å²) in [6.45, 7) is 9.32. The second kappa shape index (κ2) is 7.79. The Morgan fingerprint density at radius 1 is 1.28 bits per heavy atom. The Balaban J connectivity index is 1.62. The Labute approximate surface area is 148 Å². The van der Waals surface area contributed by atoms with Crippen molar-refractivity contribution in [2.24, 2.45) is 0 Å². The zero-order valence-corrected chi connectivity index (χ0v) is 14.5. The van der Waals surface area contributed by atoms with E-state index in [-0.39, 0.29) is 5.91 Å². The molecule has 0 saturated carbocycles. The molecular weight excluding hydrogens is 314 g/mol. The SMILES string of the molecule is C=CCNc1nccc(C(=O)N2CCN(c3cccc(C)c3)CC2)n1. The minimum Gasteiger partial charge on any atom is -0.368 e. The molecular formula is C19H23N5O. The molecule has 0 spiro atoms. The van der Waals surface area contributed by atoms with Gasteiger partial charge in [-0.25, -0.2) is 9.97 Å². The third-order valence-corrected chi connectivity index (χ3v) is 4.21. The number of amides is 1. The van der Waals surface area contributed by atoms with Crippen LogP contribution in [0.5, 0.6) is 0 Å². The van der Waals surface area contributed by atoms with E-state index in [0.29, 0.717) is 31.3 Å². The molecule has 0 radical (unpaired) electrons. The van der Waals surface area contributed by atoms with Crippen molar-refractivity contribution < 1.29 is 4.79 Å². The first-order chi connectivity index (χ1) is 12.2. The zero-order chi connectivity index (χ0) is 17.6. The van der Waals surface area contributed by atoms with Gasteiger partial charge >= 0.3 is 0 Å². The summed E-state index contributed by atoms with van der Waals surface area (Å²) < 4.78 is 0. The molecule has 1 aromatic carbocycles. The van der Waals surface area contributed by atoms with Crippen molar-refractivity contribution in [2.45, 2.75) is 6.92 Å². The lowest BCUT2D eigenvalue weighted by Crippen LogP contribution is -2.49. The fraction of sp³-hybridized carbons (Fsp3) is 0.316. The van der Waals surface area contributed by atoms with Crippen LogP contribution in [0.25, 0.3) is 0 Å². The van der Waals surface area contributed by atoms with Gasteiger partial charge in [-0.05, 0) is 30.7 Å². The van der Waals surface area contributed by atoms with Gasteiger partial charge in [0.15, 0.2) is 0 Å². The molecule has 130 valence electrons. The first kappa shape index (κ1) is 17.0. The van der Waals surface area contributed by atoms with Gasteiger partial charge in [0.05, 0.1) is 0 Å². The summed E-state index contributed by atoms with van der Waals surface area (Å²) in [5.41, 5.74) is 2.88. The maximum Gasteiger partial charge on any atom is 0.272 e. The number of carbonyl (C=O) groups excluding carboxylic acids is 1. The molecule has 0 atom stereocenters. The van der Waals surface area contributed by atoms with Crippen LogP contribution in [0.3, 0.4) is 0 Å². The van der Waals surface area contributed by atoms with E-state index in [2.05, 4.69) is 58.0 Å². The Bertz CT molecular complexity index is 753. The van der Waals surface area contributed by atoms with Crippen LogP contribution in [0.15, 0.2) is 49.2 Å². The highest BCUT2D eigenvalue weighted by atomic mass is 16.2. The van der Waals surface area contributed by atoms with Crippen LogP contribution in [0.2, 0.25) is 0 Å². The monoisotopic (exact) mass is 337 g/mol. The van der Waals surface area contributed by atoms with Crippen molar-refractivity contribution >= 4 is 17.5 Å². The second-order valence-corrected chi connectivity index (χ2v) is 6.05. The van der Waals surface area contributed by atoms with Gasteiger partial charge in [-0.3, -0.25) is 4.79 Å². The fourth-order valence-corrected chi connectivity index (χ4v) is 2.88. The van der Waals surface area contributed by atoms with Crippen molar-refractivity contribution in [1.82, 2.24) is 14.9 Å². The van der Waals surface area contributed by atoms with E-state index < -0.39 is 0 Å². The number of carbonyl (C=O) groups is 1. The number of nitrogens with one attached hydrogen (secondary N) is 1. The number of hydrogen-bond donors (Lipinski definition) is 1. The molecule has 0 aliphatic carbocycles. The van der Waals surface area contributed by atoms with E-state index in [0.717, 1.165) is 13.1 Å². The molecule has 0 unspecified atom stereocenters. The highest BCUT2D eigenvalue weighted by Gasteiger charge is 2.23. The van der Waals surface area contributed by atoms with Gasteiger partial charge in [0.25, 0.3) is 5.91 Å². The van der Waals surface area contributed by atoms with Crippen LogP contribution >= 0.6 is 0 Å². The number of anilines is 2. The number of piperazine rings is 1. The molecule has 0 bridgehead atoms. The van der Waals surface area contributed by atoms with E-state index in [4.69, 9.17) is 0 Å². The Morgan fingerprint density at radius 2 is 2.08 bits per heavy atom. The standard InChI is InChI=1S/C19H23N5O/c1-3-8-20-19-21-9-7-17(22-19)18(25)24-12-10-23(11-13-24)16-6-4-5-15(2)14-16/h3-7,9,14H,1,8,10-13H2,2H3,(H,20,21,22). The lowest BCUT2D eigenvalue weighted by Gasteiger charge is -2.36. The molecule has 1 aliphatic rings. The molecule has 6 nitrogen and oxygen atoms in total. The van der Waals surface area contributed by atoms with Gasteiger partial charge in [0.2, 0.25) is 5.95 Å². The van der Waals surface area contributed by atoms with Crippen LogP contribution in [0, 0.1) is 6.92 Å². The number of aryl methyl sites for hydroxylation is 1. The summed E-state index contributed by atoms with van der Waals surface area (Å²) in [5.74, 6) is 0.400. The van der Waals surface area contributed by atoms with Crippen LogP contribution < -0.4 is 10.2 Å². The van der Waals surface area contributed by atoms with E-state index >= 15 is 0 Å². The van der Waals surface area contributed by atoms with Crippen molar-refractivity contribution in [1.29, 1.82) is 0 Å². The normalized spacial score (nSPS) is 14.3.